The Hall–Kier alpha value is -1.55. The summed E-state index contributed by atoms with van der Waals surface area (Å²) in [6, 6.07) is 0. The van der Waals surface area contributed by atoms with Crippen LogP contribution in [0.2, 0.25) is 0 Å². The Morgan fingerprint density at radius 3 is 2.17 bits per heavy atom. The van der Waals surface area contributed by atoms with Crippen LogP contribution < -0.4 is 5.73 Å². The van der Waals surface area contributed by atoms with Crippen molar-refractivity contribution in [1.82, 2.24) is 0 Å². The molecule has 24 heavy (non-hydrogen) atoms. The first-order chi connectivity index (χ1) is 11.5. The van der Waals surface area contributed by atoms with Gasteiger partial charge in [-0.1, -0.05) is 0 Å². The molecule has 0 fully saturated rings. The van der Waals surface area contributed by atoms with Crippen molar-refractivity contribution in [2.24, 2.45) is 5.73 Å². The highest BCUT2D eigenvalue weighted by Gasteiger charge is 2.26. The van der Waals surface area contributed by atoms with Gasteiger partial charge in [0, 0.05) is 12.8 Å². The molecule has 0 aromatic carbocycles. The Labute approximate surface area is 141 Å². The second-order valence-corrected chi connectivity index (χ2v) is 4.94. The zero-order valence-corrected chi connectivity index (χ0v) is 14.3. The van der Waals surface area contributed by atoms with E-state index in [9.17, 15) is 14.4 Å². The van der Waals surface area contributed by atoms with E-state index in [-0.39, 0.29) is 64.7 Å². The monoisotopic (exact) mass is 349 g/mol. The van der Waals surface area contributed by atoms with Crippen LogP contribution in [0.25, 0.3) is 0 Å². The van der Waals surface area contributed by atoms with E-state index in [1.54, 1.807) is 0 Å². The number of carbonyl (C=O) groups is 3. The van der Waals surface area contributed by atoms with E-state index in [0.717, 1.165) is 6.29 Å². The molecule has 0 amide bonds. The summed E-state index contributed by atoms with van der Waals surface area (Å²) in [5.41, 5.74) is 4.95. The predicted octanol–water partition coefficient (Wildman–Crippen LogP) is -0.203. The van der Waals surface area contributed by atoms with Gasteiger partial charge < -0.3 is 34.2 Å². The van der Waals surface area contributed by atoms with Crippen molar-refractivity contribution in [1.29, 1.82) is 0 Å². The van der Waals surface area contributed by atoms with Crippen molar-refractivity contribution in [3.63, 3.8) is 0 Å². The molecule has 0 aliphatic heterocycles. The molecule has 0 aromatic rings. The Morgan fingerprint density at radius 1 is 0.958 bits per heavy atom. The molecule has 0 heterocycles. The maximum atomic E-state index is 11.1. The van der Waals surface area contributed by atoms with E-state index >= 15 is 0 Å². The second-order valence-electron chi connectivity index (χ2n) is 4.94. The Bertz CT molecular complexity index is 376. The van der Waals surface area contributed by atoms with E-state index in [4.69, 9.17) is 19.9 Å². The number of rotatable bonds is 15. The van der Waals surface area contributed by atoms with E-state index in [1.165, 1.54) is 14.2 Å². The summed E-state index contributed by atoms with van der Waals surface area (Å²) in [5.74, 6) is -0.769. The standard InChI is InChI=1S/C15H27NO8/c1-20-13(18)4-9-22-11-6-15(16,12-23-8-3-7-17)24-10-5-14(19)21-2/h7H,3-6,8-12,16H2,1-2H3. The largest absolute Gasteiger partial charge is 0.469 e. The summed E-state index contributed by atoms with van der Waals surface area (Å²) in [7, 11) is 2.59. The maximum Gasteiger partial charge on any atom is 0.307 e. The van der Waals surface area contributed by atoms with Gasteiger partial charge in [0.05, 0.1) is 60.1 Å². The minimum atomic E-state index is -1.16. The average Bonchev–Trinajstić information content (AvgIpc) is 2.58. The van der Waals surface area contributed by atoms with Gasteiger partial charge in [0.15, 0.2) is 0 Å². The number of esters is 2. The zero-order valence-electron chi connectivity index (χ0n) is 14.3. The minimum Gasteiger partial charge on any atom is -0.469 e. The van der Waals surface area contributed by atoms with Gasteiger partial charge in [-0.3, -0.25) is 9.59 Å². The third kappa shape index (κ3) is 11.9. The predicted molar refractivity (Wildman–Crippen MR) is 83.1 cm³/mol. The molecule has 0 saturated carbocycles. The number of nitrogens with two attached hydrogens (primary N) is 1. The molecule has 1 atom stereocenters. The molecule has 1 unspecified atom stereocenters. The smallest absolute Gasteiger partial charge is 0.307 e. The third-order valence-corrected chi connectivity index (χ3v) is 3.00. The molecule has 2 N–H and O–H groups in total. The van der Waals surface area contributed by atoms with E-state index in [0.29, 0.717) is 0 Å². The van der Waals surface area contributed by atoms with Crippen molar-refractivity contribution >= 4 is 18.2 Å². The highest BCUT2D eigenvalue weighted by molar-refractivity contribution is 5.69. The summed E-state index contributed by atoms with van der Waals surface area (Å²) in [6.45, 7) is 0.788. The molecule has 0 aliphatic carbocycles. The normalized spacial score (nSPS) is 13.1. The second kappa shape index (κ2) is 13.8. The van der Waals surface area contributed by atoms with Gasteiger partial charge in [-0.05, 0) is 0 Å². The van der Waals surface area contributed by atoms with Crippen LogP contribution in [-0.2, 0) is 38.1 Å². The van der Waals surface area contributed by atoms with Gasteiger partial charge >= 0.3 is 11.9 Å². The van der Waals surface area contributed by atoms with Gasteiger partial charge in [0.25, 0.3) is 0 Å². The first-order valence-electron chi connectivity index (χ1n) is 7.63. The van der Waals surface area contributed by atoms with Crippen LogP contribution >= 0.6 is 0 Å². The number of hydrogen-bond acceptors (Lipinski definition) is 9. The van der Waals surface area contributed by atoms with Crippen LogP contribution in [-0.4, -0.2) is 71.2 Å². The highest BCUT2D eigenvalue weighted by Crippen LogP contribution is 2.11. The van der Waals surface area contributed by atoms with Gasteiger partial charge in [-0.25, -0.2) is 0 Å². The lowest BCUT2D eigenvalue weighted by Crippen LogP contribution is -2.48. The fraction of sp³-hybridized carbons (Fsp3) is 0.800. The van der Waals surface area contributed by atoms with Crippen molar-refractivity contribution in [3.8, 4) is 0 Å². The van der Waals surface area contributed by atoms with Crippen molar-refractivity contribution in [3.05, 3.63) is 0 Å². The summed E-state index contributed by atoms with van der Waals surface area (Å²) in [6.07, 6.45) is 1.50. The molecule has 0 saturated heterocycles. The first-order valence-corrected chi connectivity index (χ1v) is 7.63. The average molecular weight is 349 g/mol. The van der Waals surface area contributed by atoms with Gasteiger partial charge in [0.2, 0.25) is 0 Å². The molecule has 9 nitrogen and oxygen atoms in total. The summed E-state index contributed by atoms with van der Waals surface area (Å²) in [5, 5.41) is 0. The summed E-state index contributed by atoms with van der Waals surface area (Å²) in [4.78, 5) is 32.4. The lowest BCUT2D eigenvalue weighted by molar-refractivity contribution is -0.147. The number of aldehydes is 1. The highest BCUT2D eigenvalue weighted by atomic mass is 16.6. The molecule has 0 bridgehead atoms. The molecule has 0 aromatic heterocycles. The summed E-state index contributed by atoms with van der Waals surface area (Å²) < 4.78 is 25.2. The number of carbonyl (C=O) groups excluding carboxylic acids is 3. The Balaban J connectivity index is 4.20. The van der Waals surface area contributed by atoms with Gasteiger partial charge in [0.1, 0.15) is 12.0 Å². The van der Waals surface area contributed by atoms with Crippen LogP contribution in [0, 0.1) is 0 Å². The van der Waals surface area contributed by atoms with E-state index < -0.39 is 11.7 Å². The molecule has 0 radical (unpaired) electrons. The SMILES string of the molecule is COC(=O)CCOCCC(N)(COCCC=O)OCCC(=O)OC. The number of hydrogen-bond donors (Lipinski definition) is 1. The van der Waals surface area contributed by atoms with Crippen LogP contribution in [0.15, 0.2) is 0 Å². The number of ether oxygens (including phenoxy) is 5. The van der Waals surface area contributed by atoms with E-state index in [1.807, 2.05) is 0 Å². The van der Waals surface area contributed by atoms with Crippen molar-refractivity contribution in [2.75, 3.05) is 47.3 Å². The Morgan fingerprint density at radius 2 is 1.58 bits per heavy atom. The maximum absolute atomic E-state index is 11.1. The molecule has 140 valence electrons. The molecular formula is C15H27NO8. The molecule has 9 heteroatoms. The number of methoxy groups -OCH3 is 2. The quantitative estimate of drug-likeness (QED) is 0.185. The van der Waals surface area contributed by atoms with E-state index in [2.05, 4.69) is 9.47 Å². The van der Waals surface area contributed by atoms with Crippen LogP contribution in [0.3, 0.4) is 0 Å². The first kappa shape index (κ1) is 22.4. The topological polar surface area (TPSA) is 123 Å². The van der Waals surface area contributed by atoms with Crippen LogP contribution in [0.1, 0.15) is 25.7 Å². The van der Waals surface area contributed by atoms with Gasteiger partial charge in [-0.2, -0.15) is 0 Å². The minimum absolute atomic E-state index is 0.0440. The molecule has 0 spiro atoms. The molecule has 0 aliphatic rings. The Kier molecular flexibility index (Phi) is 13.0. The third-order valence-electron chi connectivity index (χ3n) is 3.00. The molecular weight excluding hydrogens is 322 g/mol. The van der Waals surface area contributed by atoms with Crippen LogP contribution in [0.4, 0.5) is 0 Å². The van der Waals surface area contributed by atoms with Crippen LogP contribution in [0.5, 0.6) is 0 Å². The van der Waals surface area contributed by atoms with Crippen molar-refractivity contribution in [2.45, 2.75) is 31.4 Å². The zero-order chi connectivity index (χ0) is 18.3. The molecule has 0 rings (SSSR count). The lowest BCUT2D eigenvalue weighted by atomic mass is 10.2. The van der Waals surface area contributed by atoms with Crippen molar-refractivity contribution < 1.29 is 38.1 Å². The fourth-order valence-electron chi connectivity index (χ4n) is 1.61. The fourth-order valence-corrected chi connectivity index (χ4v) is 1.61. The summed E-state index contributed by atoms with van der Waals surface area (Å²) >= 11 is 0. The lowest BCUT2D eigenvalue weighted by Gasteiger charge is -2.29. The van der Waals surface area contributed by atoms with Gasteiger partial charge in [-0.15, -0.1) is 0 Å².